The summed E-state index contributed by atoms with van der Waals surface area (Å²) in [6.07, 6.45) is 1.59. The van der Waals surface area contributed by atoms with Crippen LogP contribution in [0.4, 0.5) is 5.69 Å². The van der Waals surface area contributed by atoms with Crippen LogP contribution in [-0.2, 0) is 0 Å². The van der Waals surface area contributed by atoms with E-state index in [1.54, 1.807) is 18.3 Å². The average Bonchev–Trinajstić information content (AvgIpc) is 2.32. The van der Waals surface area contributed by atoms with Gasteiger partial charge >= 0.3 is 0 Å². The van der Waals surface area contributed by atoms with Crippen LogP contribution in [0.15, 0.2) is 35.4 Å². The van der Waals surface area contributed by atoms with Gasteiger partial charge in [0.05, 0.1) is 27.6 Å². The minimum Gasteiger partial charge on any atom is -0.275 e. The van der Waals surface area contributed by atoms with E-state index in [-0.39, 0.29) is 0 Å². The molecule has 0 spiro atoms. The number of hydrogen-bond acceptors (Lipinski definition) is 3. The summed E-state index contributed by atoms with van der Waals surface area (Å²) in [7, 11) is 0. The van der Waals surface area contributed by atoms with Crippen LogP contribution >= 0.6 is 34.8 Å². The lowest BCUT2D eigenvalue weighted by atomic mass is 10.3. The molecule has 98 valence electrons. The largest absolute Gasteiger partial charge is 0.275 e. The molecule has 0 bridgehead atoms. The molecule has 3 nitrogen and oxygen atoms in total. The number of nitrogens with zero attached hydrogens (tertiary/aromatic N) is 2. The topological polar surface area (TPSA) is 37.3 Å². The predicted molar refractivity (Wildman–Crippen MR) is 81.7 cm³/mol. The third-order valence-corrected chi connectivity index (χ3v) is 3.10. The molecule has 0 atom stereocenters. The second-order valence-corrected chi connectivity index (χ2v) is 5.07. The van der Waals surface area contributed by atoms with Crippen LogP contribution in [0.5, 0.6) is 0 Å². The molecule has 1 N–H and O–H groups in total. The van der Waals surface area contributed by atoms with E-state index >= 15 is 0 Å². The molecule has 0 aliphatic heterocycles. The second kappa shape index (κ2) is 6.24. The quantitative estimate of drug-likeness (QED) is 0.653. The molecule has 1 aromatic carbocycles. The molecule has 1 heterocycles. The van der Waals surface area contributed by atoms with Crippen molar-refractivity contribution in [2.75, 3.05) is 5.43 Å². The van der Waals surface area contributed by atoms with Crippen LogP contribution in [0.3, 0.4) is 0 Å². The van der Waals surface area contributed by atoms with Crippen molar-refractivity contribution < 1.29 is 0 Å². The van der Waals surface area contributed by atoms with Gasteiger partial charge in [-0.1, -0.05) is 40.9 Å². The summed E-state index contributed by atoms with van der Waals surface area (Å²) in [6, 6.07) is 8.86. The third kappa shape index (κ3) is 3.83. The fraction of sp³-hybridized carbons (Fsp3) is 0.0769. The van der Waals surface area contributed by atoms with Crippen LogP contribution in [0, 0.1) is 6.92 Å². The van der Waals surface area contributed by atoms with Gasteiger partial charge in [0.25, 0.3) is 0 Å². The molecule has 6 heteroatoms. The van der Waals surface area contributed by atoms with E-state index in [2.05, 4.69) is 15.5 Å². The van der Waals surface area contributed by atoms with E-state index in [9.17, 15) is 0 Å². The maximum absolute atomic E-state index is 6.02. The van der Waals surface area contributed by atoms with Crippen molar-refractivity contribution in [2.24, 2.45) is 5.10 Å². The standard InChI is InChI=1S/C13H10Cl3N3/c1-8-3-2-4-10(18-8)7-17-19-13-11(15)5-9(14)6-12(13)16/h2-7,19H,1H3/b17-7-. The molecule has 0 unspecified atom stereocenters. The molecule has 0 aliphatic carbocycles. The van der Waals surface area contributed by atoms with Gasteiger partial charge in [-0.05, 0) is 31.2 Å². The van der Waals surface area contributed by atoms with Gasteiger partial charge in [0, 0.05) is 10.7 Å². The molecule has 0 fully saturated rings. The predicted octanol–water partition coefficient (Wildman–Crippen LogP) is 4.80. The van der Waals surface area contributed by atoms with E-state index < -0.39 is 0 Å². The van der Waals surface area contributed by atoms with Crippen LogP contribution in [0.25, 0.3) is 0 Å². The SMILES string of the molecule is Cc1cccc(/C=N\Nc2c(Cl)cc(Cl)cc2Cl)n1. The van der Waals surface area contributed by atoms with E-state index in [1.165, 1.54) is 0 Å². The molecule has 19 heavy (non-hydrogen) atoms. The molecule has 2 rings (SSSR count). The summed E-state index contributed by atoms with van der Waals surface area (Å²) in [6.45, 7) is 1.91. The summed E-state index contributed by atoms with van der Waals surface area (Å²) in [5.74, 6) is 0. The number of halogens is 3. The molecule has 0 amide bonds. The van der Waals surface area contributed by atoms with Crippen molar-refractivity contribution >= 4 is 46.7 Å². The van der Waals surface area contributed by atoms with Gasteiger partial charge in [-0.2, -0.15) is 5.10 Å². The number of rotatable bonds is 3. The monoisotopic (exact) mass is 313 g/mol. The molecule has 0 aliphatic rings. The van der Waals surface area contributed by atoms with E-state index in [4.69, 9.17) is 34.8 Å². The van der Waals surface area contributed by atoms with Gasteiger partial charge in [0.15, 0.2) is 0 Å². The van der Waals surface area contributed by atoms with Crippen LogP contribution in [-0.4, -0.2) is 11.2 Å². The fourth-order valence-electron chi connectivity index (χ4n) is 1.45. The van der Waals surface area contributed by atoms with Crippen molar-refractivity contribution in [3.63, 3.8) is 0 Å². The normalized spacial score (nSPS) is 10.9. The number of pyridine rings is 1. The van der Waals surface area contributed by atoms with Gasteiger partial charge in [-0.3, -0.25) is 10.4 Å². The number of benzene rings is 1. The highest BCUT2D eigenvalue weighted by atomic mass is 35.5. The zero-order valence-electron chi connectivity index (χ0n) is 9.99. The first-order valence-corrected chi connectivity index (χ1v) is 6.57. The molecule has 2 aromatic rings. The zero-order chi connectivity index (χ0) is 13.8. The van der Waals surface area contributed by atoms with Crippen molar-refractivity contribution in [1.29, 1.82) is 0 Å². The molecule has 1 aromatic heterocycles. The average molecular weight is 315 g/mol. The summed E-state index contributed by atoms with van der Waals surface area (Å²) in [5, 5.41) is 5.35. The van der Waals surface area contributed by atoms with E-state index in [1.807, 2.05) is 25.1 Å². The molecule has 0 saturated carbocycles. The number of nitrogens with one attached hydrogen (secondary N) is 1. The van der Waals surface area contributed by atoms with Crippen molar-refractivity contribution in [3.05, 3.63) is 56.8 Å². The number of aryl methyl sites for hydroxylation is 1. The van der Waals surface area contributed by atoms with Crippen molar-refractivity contribution in [1.82, 2.24) is 4.98 Å². The fourth-order valence-corrected chi connectivity index (χ4v) is 2.35. The first-order chi connectivity index (χ1) is 9.06. The van der Waals surface area contributed by atoms with Crippen molar-refractivity contribution in [2.45, 2.75) is 6.92 Å². The Morgan fingerprint density at radius 2 is 1.84 bits per heavy atom. The van der Waals surface area contributed by atoms with E-state index in [0.717, 1.165) is 11.4 Å². The smallest absolute Gasteiger partial charge is 0.0935 e. The lowest BCUT2D eigenvalue weighted by molar-refractivity contribution is 1.18. The Kier molecular flexibility index (Phi) is 4.64. The minimum absolute atomic E-state index is 0.409. The molecule has 0 saturated heterocycles. The van der Waals surface area contributed by atoms with Crippen LogP contribution in [0.1, 0.15) is 11.4 Å². The second-order valence-electron chi connectivity index (χ2n) is 3.82. The van der Waals surface area contributed by atoms with Gasteiger partial charge in [0.2, 0.25) is 0 Å². The number of aromatic nitrogens is 1. The zero-order valence-corrected chi connectivity index (χ0v) is 12.3. The lowest BCUT2D eigenvalue weighted by Crippen LogP contribution is -1.95. The van der Waals surface area contributed by atoms with E-state index in [0.29, 0.717) is 20.8 Å². The maximum atomic E-state index is 6.02. The Hall–Kier alpha value is -1.29. The summed E-state index contributed by atoms with van der Waals surface area (Å²) < 4.78 is 0. The number of anilines is 1. The lowest BCUT2D eigenvalue weighted by Gasteiger charge is -2.06. The highest BCUT2D eigenvalue weighted by molar-refractivity contribution is 6.41. The first kappa shape index (κ1) is 14.1. The van der Waals surface area contributed by atoms with Gasteiger partial charge in [0.1, 0.15) is 0 Å². The molecule has 0 radical (unpaired) electrons. The Morgan fingerprint density at radius 3 is 2.47 bits per heavy atom. The Balaban J connectivity index is 2.15. The van der Waals surface area contributed by atoms with Gasteiger partial charge < -0.3 is 0 Å². The van der Waals surface area contributed by atoms with Gasteiger partial charge in [-0.25, -0.2) is 0 Å². The number of hydrogen-bond donors (Lipinski definition) is 1. The van der Waals surface area contributed by atoms with Crippen molar-refractivity contribution in [3.8, 4) is 0 Å². The summed E-state index contributed by atoms with van der Waals surface area (Å²) >= 11 is 17.9. The van der Waals surface area contributed by atoms with Crippen LogP contribution < -0.4 is 5.43 Å². The highest BCUT2D eigenvalue weighted by Crippen LogP contribution is 2.33. The summed E-state index contributed by atoms with van der Waals surface area (Å²) in [4.78, 5) is 4.29. The third-order valence-electron chi connectivity index (χ3n) is 2.29. The molecular formula is C13H10Cl3N3. The molecular weight excluding hydrogens is 305 g/mol. The van der Waals surface area contributed by atoms with Crippen LogP contribution in [0.2, 0.25) is 15.1 Å². The Bertz CT molecular complexity index is 603. The first-order valence-electron chi connectivity index (χ1n) is 5.43. The number of hydrazone groups is 1. The Labute approximate surface area is 126 Å². The Morgan fingerprint density at radius 1 is 1.16 bits per heavy atom. The maximum Gasteiger partial charge on any atom is 0.0935 e. The summed E-state index contributed by atoms with van der Waals surface area (Å²) in [5.41, 5.74) is 4.96. The highest BCUT2D eigenvalue weighted by Gasteiger charge is 2.06. The van der Waals surface area contributed by atoms with Gasteiger partial charge in [-0.15, -0.1) is 0 Å². The minimum atomic E-state index is 0.409.